The second kappa shape index (κ2) is 7.64. The van der Waals surface area contributed by atoms with E-state index in [-0.39, 0.29) is 11.7 Å². The van der Waals surface area contributed by atoms with E-state index in [0.29, 0.717) is 23.5 Å². The Morgan fingerprint density at radius 2 is 2.14 bits per heavy atom. The Hall–Kier alpha value is -3.48. The highest BCUT2D eigenvalue weighted by Gasteiger charge is 2.12. The fourth-order valence-electron chi connectivity index (χ4n) is 3.12. The van der Waals surface area contributed by atoms with Gasteiger partial charge in [0.1, 0.15) is 17.3 Å². The van der Waals surface area contributed by atoms with Crippen molar-refractivity contribution >= 4 is 11.4 Å². The van der Waals surface area contributed by atoms with Gasteiger partial charge in [-0.25, -0.2) is 9.37 Å². The number of aryl methyl sites for hydroxylation is 2. The number of aromatic amines is 1. The number of imidazole rings is 1. The maximum absolute atomic E-state index is 13.4. The van der Waals surface area contributed by atoms with Crippen LogP contribution in [0.1, 0.15) is 28.3 Å². The zero-order chi connectivity index (χ0) is 19.5. The molecule has 1 aromatic carbocycles. The smallest absolute Gasteiger partial charge is 0.269 e. The molecule has 3 heterocycles. The molecule has 1 amide bonds. The van der Waals surface area contributed by atoms with Gasteiger partial charge < -0.3 is 9.72 Å². The molecule has 0 aliphatic carbocycles. The Labute approximate surface area is 161 Å². The van der Waals surface area contributed by atoms with E-state index in [9.17, 15) is 9.18 Å². The summed E-state index contributed by atoms with van der Waals surface area (Å²) in [6.45, 7) is 2.23. The van der Waals surface area contributed by atoms with Crippen LogP contribution >= 0.6 is 0 Å². The van der Waals surface area contributed by atoms with E-state index in [1.54, 1.807) is 25.1 Å². The Morgan fingerprint density at radius 1 is 1.25 bits per heavy atom. The van der Waals surface area contributed by atoms with Gasteiger partial charge in [0.2, 0.25) is 0 Å². The number of amides is 1. The number of pyridine rings is 1. The molecule has 0 saturated heterocycles. The highest BCUT2D eigenvalue weighted by molar-refractivity contribution is 5.93. The highest BCUT2D eigenvalue weighted by atomic mass is 19.1. The molecule has 0 aliphatic heterocycles. The van der Waals surface area contributed by atoms with E-state index in [0.717, 1.165) is 29.7 Å². The number of halogens is 1. The Bertz CT molecular complexity index is 1130. The number of fused-ring (bicyclic) bond motifs is 1. The first-order valence-corrected chi connectivity index (χ1v) is 9.13. The number of carbonyl (C=O) groups is 1. The van der Waals surface area contributed by atoms with Crippen LogP contribution in [0.2, 0.25) is 0 Å². The van der Waals surface area contributed by atoms with Crippen molar-refractivity contribution in [3.8, 4) is 11.3 Å². The van der Waals surface area contributed by atoms with Crippen LogP contribution in [0.5, 0.6) is 0 Å². The minimum atomic E-state index is -0.262. The normalized spacial score (nSPS) is 11.1. The quantitative estimate of drug-likeness (QED) is 0.505. The third-order valence-corrected chi connectivity index (χ3v) is 4.65. The molecular formula is C21H20FN5O. The van der Waals surface area contributed by atoms with Gasteiger partial charge in [-0.1, -0.05) is 6.07 Å². The Kier molecular flexibility index (Phi) is 4.89. The van der Waals surface area contributed by atoms with Crippen LogP contribution in [0, 0.1) is 12.7 Å². The van der Waals surface area contributed by atoms with Crippen LogP contribution in [0.4, 0.5) is 4.39 Å². The maximum atomic E-state index is 13.4. The van der Waals surface area contributed by atoms with Gasteiger partial charge in [-0.2, -0.15) is 5.10 Å². The highest BCUT2D eigenvalue weighted by Crippen LogP contribution is 2.20. The summed E-state index contributed by atoms with van der Waals surface area (Å²) in [5, 5.41) is 9.79. The van der Waals surface area contributed by atoms with Gasteiger partial charge in [0.25, 0.3) is 5.91 Å². The first-order chi connectivity index (χ1) is 13.6. The van der Waals surface area contributed by atoms with E-state index in [4.69, 9.17) is 0 Å². The van der Waals surface area contributed by atoms with E-state index in [1.165, 1.54) is 6.07 Å². The monoisotopic (exact) mass is 377 g/mol. The summed E-state index contributed by atoms with van der Waals surface area (Å²) in [6.07, 6.45) is 5.37. The van der Waals surface area contributed by atoms with Crippen molar-refractivity contribution in [2.45, 2.75) is 19.8 Å². The van der Waals surface area contributed by atoms with Gasteiger partial charge in [0.05, 0.1) is 17.4 Å². The molecular weight excluding hydrogens is 357 g/mol. The van der Waals surface area contributed by atoms with Crippen molar-refractivity contribution in [3.05, 3.63) is 77.8 Å². The molecule has 0 atom stereocenters. The predicted octanol–water partition coefficient (Wildman–Crippen LogP) is 3.53. The van der Waals surface area contributed by atoms with Crippen molar-refractivity contribution < 1.29 is 9.18 Å². The molecule has 0 unspecified atom stereocenters. The van der Waals surface area contributed by atoms with Crippen LogP contribution < -0.4 is 5.32 Å². The number of rotatable bonds is 6. The van der Waals surface area contributed by atoms with E-state index in [2.05, 4.69) is 20.5 Å². The lowest BCUT2D eigenvalue weighted by molar-refractivity contribution is 0.0948. The van der Waals surface area contributed by atoms with Crippen molar-refractivity contribution in [3.63, 3.8) is 0 Å². The molecule has 28 heavy (non-hydrogen) atoms. The fourth-order valence-corrected chi connectivity index (χ4v) is 3.12. The van der Waals surface area contributed by atoms with Gasteiger partial charge in [-0.15, -0.1) is 0 Å². The average Bonchev–Trinajstić information content (AvgIpc) is 3.35. The van der Waals surface area contributed by atoms with Crippen molar-refractivity contribution in [1.82, 2.24) is 24.9 Å². The molecule has 142 valence electrons. The second-order valence-corrected chi connectivity index (χ2v) is 6.66. The molecule has 6 nitrogen and oxygen atoms in total. The zero-order valence-electron chi connectivity index (χ0n) is 15.4. The van der Waals surface area contributed by atoms with Crippen molar-refractivity contribution in [2.75, 3.05) is 6.54 Å². The molecule has 0 saturated carbocycles. The Balaban J connectivity index is 1.33. The molecule has 7 heteroatoms. The fraction of sp³-hybridized carbons (Fsp3) is 0.190. The summed E-state index contributed by atoms with van der Waals surface area (Å²) < 4.78 is 15.5. The standard InChI is InChI=1S/C21H20FN5O/c1-14-11-15(7-8-17(14)22)18-12-19(26-25-18)21(28)23-9-4-6-20-24-13-16-5-2-3-10-27(16)20/h2-3,5,7-8,10-13H,4,6,9H2,1H3,(H,23,28)(H,25,26). The largest absolute Gasteiger partial charge is 0.351 e. The first-order valence-electron chi connectivity index (χ1n) is 9.13. The number of aromatic nitrogens is 4. The van der Waals surface area contributed by atoms with Gasteiger partial charge in [0, 0.05) is 24.7 Å². The van der Waals surface area contributed by atoms with Crippen molar-refractivity contribution in [2.24, 2.45) is 0 Å². The molecule has 4 aromatic rings. The molecule has 4 rings (SSSR count). The summed E-state index contributed by atoms with van der Waals surface area (Å²) in [6, 6.07) is 12.4. The number of hydrogen-bond acceptors (Lipinski definition) is 3. The first kappa shape index (κ1) is 17.9. The van der Waals surface area contributed by atoms with Crippen LogP contribution in [-0.2, 0) is 6.42 Å². The average molecular weight is 377 g/mol. The third kappa shape index (κ3) is 3.64. The lowest BCUT2D eigenvalue weighted by Gasteiger charge is -2.04. The van der Waals surface area contributed by atoms with E-state index < -0.39 is 0 Å². The van der Waals surface area contributed by atoms with Gasteiger partial charge in [-0.3, -0.25) is 9.89 Å². The minimum absolute atomic E-state index is 0.217. The number of carbonyl (C=O) groups excluding carboxylic acids is 1. The van der Waals surface area contributed by atoms with E-state index in [1.807, 2.05) is 35.0 Å². The molecule has 0 spiro atoms. The van der Waals surface area contributed by atoms with Gasteiger partial charge in [-0.05, 0) is 55.3 Å². The third-order valence-electron chi connectivity index (χ3n) is 4.65. The van der Waals surface area contributed by atoms with E-state index >= 15 is 0 Å². The molecule has 3 aromatic heterocycles. The summed E-state index contributed by atoms with van der Waals surface area (Å²) in [4.78, 5) is 16.7. The lowest BCUT2D eigenvalue weighted by Crippen LogP contribution is -2.25. The summed E-state index contributed by atoms with van der Waals surface area (Å²) in [5.74, 6) is 0.494. The summed E-state index contributed by atoms with van der Waals surface area (Å²) in [7, 11) is 0. The number of hydrogen-bond donors (Lipinski definition) is 2. The van der Waals surface area contributed by atoms with Gasteiger partial charge in [0.15, 0.2) is 0 Å². The van der Waals surface area contributed by atoms with Crippen LogP contribution in [-0.4, -0.2) is 32.0 Å². The minimum Gasteiger partial charge on any atom is -0.351 e. The Morgan fingerprint density at radius 3 is 3.00 bits per heavy atom. The number of benzene rings is 1. The molecule has 0 bridgehead atoms. The number of nitrogens with zero attached hydrogens (tertiary/aromatic N) is 3. The molecule has 2 N–H and O–H groups in total. The number of nitrogens with one attached hydrogen (secondary N) is 2. The van der Waals surface area contributed by atoms with Crippen LogP contribution in [0.25, 0.3) is 16.8 Å². The summed E-state index contributed by atoms with van der Waals surface area (Å²) in [5.41, 5.74) is 3.35. The zero-order valence-corrected chi connectivity index (χ0v) is 15.4. The predicted molar refractivity (Wildman–Crippen MR) is 105 cm³/mol. The van der Waals surface area contributed by atoms with Crippen LogP contribution in [0.3, 0.4) is 0 Å². The molecule has 0 fully saturated rings. The molecule has 0 radical (unpaired) electrons. The maximum Gasteiger partial charge on any atom is 0.269 e. The summed E-state index contributed by atoms with van der Waals surface area (Å²) >= 11 is 0. The van der Waals surface area contributed by atoms with Crippen molar-refractivity contribution in [1.29, 1.82) is 0 Å². The lowest BCUT2D eigenvalue weighted by atomic mass is 10.1. The molecule has 0 aliphatic rings. The SMILES string of the molecule is Cc1cc(-c2cc(C(=O)NCCCc3ncc4ccccn34)[nH]n2)ccc1F. The number of H-pyrrole nitrogens is 1. The topological polar surface area (TPSA) is 75.1 Å². The van der Waals surface area contributed by atoms with Gasteiger partial charge >= 0.3 is 0 Å². The second-order valence-electron chi connectivity index (χ2n) is 6.66. The van der Waals surface area contributed by atoms with Crippen LogP contribution in [0.15, 0.2) is 54.9 Å².